The van der Waals surface area contributed by atoms with E-state index in [9.17, 15) is 26.3 Å². The smallest absolute Gasteiger partial charge is 0.324 e. The summed E-state index contributed by atoms with van der Waals surface area (Å²) in [6, 6.07) is 5.52. The fraction of sp³-hybridized carbons (Fsp3) is 0.111. The van der Waals surface area contributed by atoms with E-state index < -0.39 is 34.9 Å². The van der Waals surface area contributed by atoms with Crippen molar-refractivity contribution in [2.24, 2.45) is 0 Å². The van der Waals surface area contributed by atoms with Crippen LogP contribution in [0.3, 0.4) is 0 Å². The van der Waals surface area contributed by atoms with Crippen LogP contribution >= 0.6 is 11.6 Å². The number of hydrogen-bond donors (Lipinski definition) is 1. The highest BCUT2D eigenvalue weighted by Crippen LogP contribution is 2.33. The molecule has 10 heteroatoms. The van der Waals surface area contributed by atoms with Gasteiger partial charge in [0, 0.05) is 23.2 Å². The van der Waals surface area contributed by atoms with Crippen molar-refractivity contribution in [3.8, 4) is 11.3 Å². The summed E-state index contributed by atoms with van der Waals surface area (Å²) in [5.41, 5.74) is -1.59. The van der Waals surface area contributed by atoms with Gasteiger partial charge in [0.15, 0.2) is 5.82 Å². The molecule has 28 heavy (non-hydrogen) atoms. The topological polar surface area (TPSA) is 37.8 Å². The number of halogens is 7. The first-order valence-corrected chi connectivity index (χ1v) is 8.23. The molecule has 1 heterocycles. The van der Waals surface area contributed by atoms with Crippen LogP contribution in [0.5, 0.6) is 0 Å². The molecule has 1 N–H and O–H groups in total. The molecule has 0 fully saturated rings. The number of nitrogens with zero attached hydrogens (tertiary/aromatic N) is 2. The Balaban J connectivity index is 2.00. The van der Waals surface area contributed by atoms with Crippen molar-refractivity contribution in [3.05, 3.63) is 71.2 Å². The Morgan fingerprint density at radius 1 is 0.964 bits per heavy atom. The van der Waals surface area contributed by atoms with E-state index in [4.69, 9.17) is 11.6 Å². The third-order valence-corrected chi connectivity index (χ3v) is 3.97. The van der Waals surface area contributed by atoms with Crippen molar-refractivity contribution in [2.75, 3.05) is 5.32 Å². The van der Waals surface area contributed by atoms with Gasteiger partial charge in [-0.2, -0.15) is 13.2 Å². The van der Waals surface area contributed by atoms with Crippen molar-refractivity contribution in [1.82, 2.24) is 9.97 Å². The normalized spacial score (nSPS) is 11.5. The Labute approximate surface area is 160 Å². The average Bonchev–Trinajstić information content (AvgIpc) is 2.62. The highest BCUT2D eigenvalue weighted by molar-refractivity contribution is 6.17. The maximum atomic E-state index is 14.0. The number of hydrogen-bond acceptors (Lipinski definition) is 3. The van der Waals surface area contributed by atoms with Crippen molar-refractivity contribution >= 4 is 23.2 Å². The molecule has 0 bridgehead atoms. The van der Waals surface area contributed by atoms with Gasteiger partial charge in [-0.3, -0.25) is 0 Å². The standard InChI is InChI=1S/C18H10ClF6N3/c19-7-9-3-10(18(23,24)25)5-12(4-9)27-17-26-8-15(22)16(28-17)13-2-1-11(20)6-14(13)21/h1-6,8H,7H2,(H,26,27,28). The lowest BCUT2D eigenvalue weighted by atomic mass is 10.1. The van der Waals surface area contributed by atoms with E-state index in [1.54, 1.807) is 0 Å². The molecule has 3 nitrogen and oxygen atoms in total. The second kappa shape index (κ2) is 7.67. The molecule has 0 saturated heterocycles. The molecule has 3 rings (SSSR count). The Bertz CT molecular complexity index is 1020. The average molecular weight is 418 g/mol. The largest absolute Gasteiger partial charge is 0.416 e. The molecule has 0 amide bonds. The minimum Gasteiger partial charge on any atom is -0.324 e. The summed E-state index contributed by atoms with van der Waals surface area (Å²) in [5, 5.41) is 2.52. The van der Waals surface area contributed by atoms with Crippen LogP contribution in [0.4, 0.5) is 38.0 Å². The van der Waals surface area contributed by atoms with Gasteiger partial charge in [-0.1, -0.05) is 0 Å². The number of nitrogens with one attached hydrogen (secondary N) is 1. The molecule has 0 saturated carbocycles. The lowest BCUT2D eigenvalue weighted by Gasteiger charge is -2.13. The highest BCUT2D eigenvalue weighted by atomic mass is 35.5. The van der Waals surface area contributed by atoms with Crippen LogP contribution in [0.1, 0.15) is 11.1 Å². The van der Waals surface area contributed by atoms with Crippen LogP contribution in [-0.4, -0.2) is 9.97 Å². The second-order valence-corrected chi connectivity index (χ2v) is 5.96. The second-order valence-electron chi connectivity index (χ2n) is 5.69. The van der Waals surface area contributed by atoms with Crippen LogP contribution in [0.2, 0.25) is 0 Å². The molecular weight excluding hydrogens is 408 g/mol. The summed E-state index contributed by atoms with van der Waals surface area (Å²) in [4.78, 5) is 7.45. The molecule has 0 spiro atoms. The number of rotatable bonds is 4. The van der Waals surface area contributed by atoms with Crippen LogP contribution in [0.15, 0.2) is 42.6 Å². The third kappa shape index (κ3) is 4.36. The predicted octanol–water partition coefficient (Wildman–Crippen LogP) is 6.06. The quantitative estimate of drug-likeness (QED) is 0.414. The summed E-state index contributed by atoms with van der Waals surface area (Å²) < 4.78 is 80.1. The van der Waals surface area contributed by atoms with Gasteiger partial charge in [0.2, 0.25) is 5.95 Å². The number of alkyl halides is 4. The van der Waals surface area contributed by atoms with Gasteiger partial charge in [-0.05, 0) is 35.9 Å². The van der Waals surface area contributed by atoms with E-state index in [0.717, 1.165) is 30.5 Å². The molecule has 0 aliphatic heterocycles. The molecule has 0 radical (unpaired) electrons. The van der Waals surface area contributed by atoms with E-state index in [2.05, 4.69) is 15.3 Å². The summed E-state index contributed by atoms with van der Waals surface area (Å²) in [5.74, 6) is -3.34. The molecule has 1 aromatic heterocycles. The van der Waals surface area contributed by atoms with E-state index in [1.807, 2.05) is 0 Å². The molecule has 0 aliphatic rings. The van der Waals surface area contributed by atoms with Crippen LogP contribution in [-0.2, 0) is 12.1 Å². The van der Waals surface area contributed by atoms with Gasteiger partial charge in [-0.25, -0.2) is 23.1 Å². The molecular formula is C18H10ClF6N3. The maximum absolute atomic E-state index is 14.0. The lowest BCUT2D eigenvalue weighted by molar-refractivity contribution is -0.137. The molecule has 2 aromatic carbocycles. The van der Waals surface area contributed by atoms with E-state index >= 15 is 0 Å². The summed E-state index contributed by atoms with van der Waals surface area (Å²) in [7, 11) is 0. The Hall–Kier alpha value is -2.81. The van der Waals surface area contributed by atoms with E-state index in [-0.39, 0.29) is 28.6 Å². The van der Waals surface area contributed by atoms with Gasteiger partial charge >= 0.3 is 6.18 Å². The molecule has 0 aliphatic carbocycles. The predicted molar refractivity (Wildman–Crippen MR) is 91.6 cm³/mol. The molecule has 3 aromatic rings. The maximum Gasteiger partial charge on any atom is 0.416 e. The number of aromatic nitrogens is 2. The summed E-state index contributed by atoms with van der Waals surface area (Å²) in [6.07, 6.45) is -3.88. The Kier molecular flexibility index (Phi) is 5.46. The first-order chi connectivity index (χ1) is 13.2. The minimum absolute atomic E-state index is 0.0392. The SMILES string of the molecule is Fc1ccc(-c2nc(Nc3cc(CCl)cc(C(F)(F)F)c3)ncc2F)c(F)c1. The lowest BCUT2D eigenvalue weighted by Crippen LogP contribution is -2.07. The van der Waals surface area contributed by atoms with Crippen LogP contribution in [0.25, 0.3) is 11.3 Å². The molecule has 0 atom stereocenters. The fourth-order valence-corrected chi connectivity index (χ4v) is 2.59. The van der Waals surface area contributed by atoms with E-state index in [1.165, 1.54) is 6.07 Å². The van der Waals surface area contributed by atoms with Gasteiger partial charge < -0.3 is 5.32 Å². The highest BCUT2D eigenvalue weighted by Gasteiger charge is 2.31. The molecule has 146 valence electrons. The zero-order chi connectivity index (χ0) is 20.5. The van der Waals surface area contributed by atoms with Crippen molar-refractivity contribution < 1.29 is 26.3 Å². The van der Waals surface area contributed by atoms with Gasteiger partial charge in [0.05, 0.1) is 11.8 Å². The van der Waals surface area contributed by atoms with Gasteiger partial charge in [-0.15, -0.1) is 11.6 Å². The summed E-state index contributed by atoms with van der Waals surface area (Å²) >= 11 is 5.63. The Morgan fingerprint density at radius 3 is 2.36 bits per heavy atom. The number of anilines is 2. The number of benzene rings is 2. The first kappa shape index (κ1) is 19.9. The monoisotopic (exact) mass is 417 g/mol. The Morgan fingerprint density at radius 2 is 1.71 bits per heavy atom. The van der Waals surface area contributed by atoms with E-state index in [0.29, 0.717) is 6.07 Å². The van der Waals surface area contributed by atoms with Crippen molar-refractivity contribution in [2.45, 2.75) is 12.1 Å². The zero-order valence-electron chi connectivity index (χ0n) is 13.8. The zero-order valence-corrected chi connectivity index (χ0v) is 14.5. The van der Waals surface area contributed by atoms with Crippen LogP contribution in [0, 0.1) is 17.5 Å². The third-order valence-electron chi connectivity index (χ3n) is 3.66. The fourth-order valence-electron chi connectivity index (χ4n) is 2.43. The van der Waals surface area contributed by atoms with Gasteiger partial charge in [0.25, 0.3) is 0 Å². The van der Waals surface area contributed by atoms with Crippen molar-refractivity contribution in [1.29, 1.82) is 0 Å². The minimum atomic E-state index is -4.61. The van der Waals surface area contributed by atoms with Gasteiger partial charge in [0.1, 0.15) is 17.3 Å². The van der Waals surface area contributed by atoms with Crippen LogP contribution < -0.4 is 5.32 Å². The summed E-state index contributed by atoms with van der Waals surface area (Å²) in [6.45, 7) is 0. The van der Waals surface area contributed by atoms with Crippen molar-refractivity contribution in [3.63, 3.8) is 0 Å². The first-order valence-electron chi connectivity index (χ1n) is 7.69. The molecule has 0 unspecified atom stereocenters.